The van der Waals surface area contributed by atoms with Crippen LogP contribution in [0.15, 0.2) is 60.8 Å². The van der Waals surface area contributed by atoms with Crippen LogP contribution in [0.2, 0.25) is 0 Å². The van der Waals surface area contributed by atoms with Gasteiger partial charge < -0.3 is 19.3 Å². The van der Waals surface area contributed by atoms with Gasteiger partial charge in [0.2, 0.25) is 0 Å². The number of carbonyl (C=O) groups is 2. The zero-order chi connectivity index (χ0) is 32.6. The maximum absolute atomic E-state index is 12.3. The summed E-state index contributed by atoms with van der Waals surface area (Å²) in [5, 5.41) is 0. The van der Waals surface area contributed by atoms with Crippen molar-refractivity contribution in [3.05, 3.63) is 60.8 Å². The number of esters is 2. The van der Waals surface area contributed by atoms with Gasteiger partial charge in [-0.3, -0.25) is 14.1 Å². The molecular weight excluding hydrogens is 579 g/mol. The summed E-state index contributed by atoms with van der Waals surface area (Å²) in [6, 6.07) is 0. The van der Waals surface area contributed by atoms with Gasteiger partial charge in [0.05, 0.1) is 6.61 Å². The molecule has 0 amide bonds. The second kappa shape index (κ2) is 30.8. The quantitative estimate of drug-likeness (QED) is 0.0360. The first-order valence-corrected chi connectivity index (χ1v) is 18.1. The van der Waals surface area contributed by atoms with Crippen molar-refractivity contribution in [2.45, 2.75) is 136 Å². The predicted molar refractivity (Wildman–Crippen MR) is 179 cm³/mol. The minimum Gasteiger partial charge on any atom is -0.462 e. The lowest BCUT2D eigenvalue weighted by Gasteiger charge is -2.18. The fourth-order valence-electron chi connectivity index (χ4n) is 4.11. The van der Waals surface area contributed by atoms with E-state index in [9.17, 15) is 14.2 Å². The number of phosphoric ester groups is 1. The number of unbranched alkanes of at least 4 members (excludes halogenated alkanes) is 9. The standard InChI is InChI=1S/C35H59O8P/c1-3-5-7-9-11-13-14-15-16-17-18-19-20-22-24-26-28-30-35(37)43-33(32-42-44(38,39)40)31-41-34(36)29-27-25-23-21-12-10-8-6-4-2/h5,7,11,13,15-16,18-19,22,24,33H,3-4,6,8-10,12,14,17,20-21,23,25-32H2,1-2H3,(H2,38,39,40)/b7-5-,13-11-,16-15-,19-18-,24-22-. The number of allylic oxidation sites excluding steroid dienone is 10. The van der Waals surface area contributed by atoms with Crippen LogP contribution < -0.4 is 0 Å². The molecule has 0 aromatic heterocycles. The Bertz CT molecular complexity index is 900. The van der Waals surface area contributed by atoms with E-state index < -0.39 is 32.5 Å². The van der Waals surface area contributed by atoms with E-state index in [1.54, 1.807) is 0 Å². The molecule has 0 aliphatic rings. The summed E-state index contributed by atoms with van der Waals surface area (Å²) in [4.78, 5) is 42.4. The molecule has 44 heavy (non-hydrogen) atoms. The van der Waals surface area contributed by atoms with Crippen molar-refractivity contribution >= 4 is 19.8 Å². The SMILES string of the molecule is CC/C=C\C/C=C\C/C=C\C/C=C\C/C=C\CCCC(=O)OC(COC(=O)CCCCCCCCCCC)COP(=O)(O)O. The average molecular weight is 639 g/mol. The third-order valence-electron chi connectivity index (χ3n) is 6.55. The van der Waals surface area contributed by atoms with E-state index in [2.05, 4.69) is 67.0 Å². The molecule has 1 atom stereocenters. The largest absolute Gasteiger partial charge is 0.469 e. The van der Waals surface area contributed by atoms with Crippen molar-refractivity contribution in [1.82, 2.24) is 0 Å². The van der Waals surface area contributed by atoms with E-state index in [1.807, 2.05) is 12.2 Å². The van der Waals surface area contributed by atoms with Gasteiger partial charge >= 0.3 is 19.8 Å². The van der Waals surface area contributed by atoms with Crippen LogP contribution in [0.25, 0.3) is 0 Å². The summed E-state index contributed by atoms with van der Waals surface area (Å²) in [6.07, 6.45) is 36.7. The number of ether oxygens (including phenoxy) is 2. The van der Waals surface area contributed by atoms with Crippen molar-refractivity contribution in [2.24, 2.45) is 0 Å². The van der Waals surface area contributed by atoms with Crippen molar-refractivity contribution in [1.29, 1.82) is 0 Å². The highest BCUT2D eigenvalue weighted by Crippen LogP contribution is 2.35. The molecule has 0 fully saturated rings. The Morgan fingerprint density at radius 3 is 1.61 bits per heavy atom. The molecule has 0 radical (unpaired) electrons. The van der Waals surface area contributed by atoms with E-state index in [4.69, 9.17) is 19.3 Å². The minimum atomic E-state index is -4.76. The lowest BCUT2D eigenvalue weighted by molar-refractivity contribution is -0.161. The Kier molecular flexibility index (Phi) is 29.2. The summed E-state index contributed by atoms with van der Waals surface area (Å²) < 4.78 is 26.1. The van der Waals surface area contributed by atoms with Crippen molar-refractivity contribution < 1.29 is 37.9 Å². The Hall–Kier alpha value is -2.25. The first-order chi connectivity index (χ1) is 21.3. The summed E-state index contributed by atoms with van der Waals surface area (Å²) >= 11 is 0. The molecule has 252 valence electrons. The average Bonchev–Trinajstić information content (AvgIpc) is 2.98. The van der Waals surface area contributed by atoms with Gasteiger partial charge in [0.25, 0.3) is 0 Å². The van der Waals surface area contributed by atoms with Crippen LogP contribution in [-0.2, 0) is 28.2 Å². The zero-order valence-electron chi connectivity index (χ0n) is 27.3. The van der Waals surface area contributed by atoms with Gasteiger partial charge in [-0.25, -0.2) is 4.57 Å². The summed E-state index contributed by atoms with van der Waals surface area (Å²) in [5.74, 6) is -0.963. The topological polar surface area (TPSA) is 119 Å². The van der Waals surface area contributed by atoms with Crippen LogP contribution in [0.4, 0.5) is 0 Å². The molecular formula is C35H59O8P. The highest BCUT2D eigenvalue weighted by Gasteiger charge is 2.22. The van der Waals surface area contributed by atoms with Gasteiger partial charge in [-0.1, -0.05) is 126 Å². The third-order valence-corrected chi connectivity index (χ3v) is 7.04. The van der Waals surface area contributed by atoms with Gasteiger partial charge in [0, 0.05) is 12.8 Å². The Morgan fingerprint density at radius 1 is 0.614 bits per heavy atom. The molecule has 0 saturated carbocycles. The molecule has 1 unspecified atom stereocenters. The molecule has 0 bridgehead atoms. The van der Waals surface area contributed by atoms with Crippen molar-refractivity contribution in [3.8, 4) is 0 Å². The second-order valence-electron chi connectivity index (χ2n) is 10.8. The molecule has 9 heteroatoms. The van der Waals surface area contributed by atoms with Crippen LogP contribution in [0.3, 0.4) is 0 Å². The lowest BCUT2D eigenvalue weighted by atomic mass is 10.1. The Morgan fingerprint density at radius 2 is 1.09 bits per heavy atom. The molecule has 0 spiro atoms. The highest BCUT2D eigenvalue weighted by atomic mass is 31.2. The molecule has 8 nitrogen and oxygen atoms in total. The maximum Gasteiger partial charge on any atom is 0.469 e. The van der Waals surface area contributed by atoms with Crippen LogP contribution >= 0.6 is 7.82 Å². The highest BCUT2D eigenvalue weighted by molar-refractivity contribution is 7.46. The van der Waals surface area contributed by atoms with E-state index in [-0.39, 0.29) is 19.4 Å². The number of rotatable bonds is 29. The fraction of sp³-hybridized carbons (Fsp3) is 0.657. The monoisotopic (exact) mass is 638 g/mol. The third kappa shape index (κ3) is 32.7. The van der Waals surface area contributed by atoms with Crippen LogP contribution in [0, 0.1) is 0 Å². The molecule has 0 saturated heterocycles. The van der Waals surface area contributed by atoms with E-state index in [0.29, 0.717) is 19.3 Å². The molecule has 0 aromatic carbocycles. The van der Waals surface area contributed by atoms with Crippen molar-refractivity contribution in [2.75, 3.05) is 13.2 Å². The molecule has 0 aliphatic carbocycles. The minimum absolute atomic E-state index is 0.132. The molecule has 0 aliphatic heterocycles. The first-order valence-electron chi connectivity index (χ1n) is 16.6. The maximum atomic E-state index is 12.3. The predicted octanol–water partition coefficient (Wildman–Crippen LogP) is 9.39. The summed E-state index contributed by atoms with van der Waals surface area (Å²) in [5.41, 5.74) is 0. The first kappa shape index (κ1) is 41.8. The van der Waals surface area contributed by atoms with E-state index in [1.165, 1.54) is 32.1 Å². The summed E-state index contributed by atoms with van der Waals surface area (Å²) in [7, 11) is -4.76. The van der Waals surface area contributed by atoms with Gasteiger partial charge in [-0.15, -0.1) is 0 Å². The number of phosphoric acid groups is 1. The summed E-state index contributed by atoms with van der Waals surface area (Å²) in [6.45, 7) is 3.46. The lowest BCUT2D eigenvalue weighted by Crippen LogP contribution is -2.29. The smallest absolute Gasteiger partial charge is 0.462 e. The normalized spacial score (nSPS) is 13.3. The number of carbonyl (C=O) groups excluding carboxylic acids is 2. The second-order valence-corrected chi connectivity index (χ2v) is 12.0. The number of hydrogen-bond acceptors (Lipinski definition) is 6. The Balaban J connectivity index is 4.15. The van der Waals surface area contributed by atoms with Gasteiger partial charge in [-0.2, -0.15) is 0 Å². The van der Waals surface area contributed by atoms with E-state index in [0.717, 1.165) is 51.4 Å². The number of hydrogen-bond donors (Lipinski definition) is 2. The fourth-order valence-corrected chi connectivity index (χ4v) is 4.47. The van der Waals surface area contributed by atoms with Gasteiger partial charge in [0.15, 0.2) is 6.10 Å². The van der Waals surface area contributed by atoms with Crippen molar-refractivity contribution in [3.63, 3.8) is 0 Å². The Labute approximate surface area is 267 Å². The molecule has 0 aromatic rings. The van der Waals surface area contributed by atoms with Gasteiger partial charge in [0.1, 0.15) is 6.61 Å². The van der Waals surface area contributed by atoms with Crippen LogP contribution in [0.5, 0.6) is 0 Å². The van der Waals surface area contributed by atoms with Crippen LogP contribution in [-0.4, -0.2) is 41.0 Å². The molecule has 2 N–H and O–H groups in total. The molecule has 0 heterocycles. The molecule has 0 rings (SSSR count). The van der Waals surface area contributed by atoms with Crippen LogP contribution in [0.1, 0.15) is 129 Å². The van der Waals surface area contributed by atoms with Gasteiger partial charge in [-0.05, 0) is 51.4 Å². The van der Waals surface area contributed by atoms with E-state index >= 15 is 0 Å². The zero-order valence-corrected chi connectivity index (χ0v) is 28.2.